The number of nitrogens with zero attached hydrogens (tertiary/aromatic N) is 2. The quantitative estimate of drug-likeness (QED) is 0.570. The minimum atomic E-state index is -0.135. The Morgan fingerprint density at radius 2 is 2.50 bits per heavy atom. The van der Waals surface area contributed by atoms with Gasteiger partial charge >= 0.3 is 0 Å². The molecule has 14 heavy (non-hydrogen) atoms. The van der Waals surface area contributed by atoms with E-state index in [-0.39, 0.29) is 5.91 Å². The minimum Gasteiger partial charge on any atom is -0.307 e. The van der Waals surface area contributed by atoms with Crippen molar-refractivity contribution in [2.24, 2.45) is 7.05 Å². The van der Waals surface area contributed by atoms with E-state index in [1.54, 1.807) is 17.0 Å². The average Bonchev–Trinajstić information content (AvgIpc) is 2.61. The van der Waals surface area contributed by atoms with Gasteiger partial charge in [-0.15, -0.1) is 0 Å². The van der Waals surface area contributed by atoms with Crippen molar-refractivity contribution in [1.29, 1.82) is 0 Å². The van der Waals surface area contributed by atoms with E-state index in [0.29, 0.717) is 9.23 Å². The van der Waals surface area contributed by atoms with Crippen LogP contribution in [0, 0.1) is 0 Å². The zero-order valence-electron chi connectivity index (χ0n) is 7.35. The third kappa shape index (κ3) is 1.85. The first-order valence-electron chi connectivity index (χ1n) is 3.88. The summed E-state index contributed by atoms with van der Waals surface area (Å²) in [6, 6.07) is 0. The van der Waals surface area contributed by atoms with E-state index in [2.05, 4.69) is 10.4 Å². The van der Waals surface area contributed by atoms with Crippen molar-refractivity contribution in [1.82, 2.24) is 15.1 Å². The molecule has 6 heteroatoms. The van der Waals surface area contributed by atoms with Crippen LogP contribution in [0.15, 0.2) is 17.3 Å². The highest BCUT2D eigenvalue weighted by molar-refractivity contribution is 8.26. The maximum absolute atomic E-state index is 11.3. The molecular weight excluding hydrogens is 218 g/mol. The molecule has 0 spiro atoms. The van der Waals surface area contributed by atoms with Crippen LogP contribution in [0.4, 0.5) is 0 Å². The molecule has 0 atom stereocenters. The molecule has 1 aromatic rings. The van der Waals surface area contributed by atoms with Crippen molar-refractivity contribution in [2.45, 2.75) is 0 Å². The molecule has 1 aromatic heterocycles. The van der Waals surface area contributed by atoms with Crippen LogP contribution in [0.2, 0.25) is 0 Å². The van der Waals surface area contributed by atoms with E-state index in [1.807, 2.05) is 13.2 Å². The zero-order valence-corrected chi connectivity index (χ0v) is 8.98. The van der Waals surface area contributed by atoms with Gasteiger partial charge in [-0.05, 0) is 6.08 Å². The molecular formula is C8H7N3OS2. The normalized spacial score (nSPS) is 19.1. The van der Waals surface area contributed by atoms with E-state index in [4.69, 9.17) is 12.2 Å². The number of aryl methyl sites for hydroxylation is 1. The van der Waals surface area contributed by atoms with Crippen LogP contribution in [-0.4, -0.2) is 20.0 Å². The van der Waals surface area contributed by atoms with Gasteiger partial charge in [-0.25, -0.2) is 0 Å². The summed E-state index contributed by atoms with van der Waals surface area (Å²) in [6.45, 7) is 0. The lowest BCUT2D eigenvalue weighted by atomic mass is 10.3. The number of rotatable bonds is 1. The smallest absolute Gasteiger partial charge is 0.263 e. The maximum atomic E-state index is 11.3. The first-order valence-corrected chi connectivity index (χ1v) is 5.11. The number of nitrogens with one attached hydrogen (secondary N) is 1. The predicted octanol–water partition coefficient (Wildman–Crippen LogP) is 0.909. The van der Waals surface area contributed by atoms with Crippen molar-refractivity contribution in [2.75, 3.05) is 0 Å². The number of aromatic nitrogens is 2. The Morgan fingerprint density at radius 3 is 3.00 bits per heavy atom. The van der Waals surface area contributed by atoms with Gasteiger partial charge in [-0.2, -0.15) is 5.10 Å². The first kappa shape index (κ1) is 9.42. The van der Waals surface area contributed by atoms with Gasteiger partial charge in [0.15, 0.2) is 0 Å². The molecule has 0 saturated carbocycles. The molecule has 2 rings (SSSR count). The lowest BCUT2D eigenvalue weighted by Crippen LogP contribution is -2.17. The Hall–Kier alpha value is -1.14. The topological polar surface area (TPSA) is 46.9 Å². The van der Waals surface area contributed by atoms with E-state index in [9.17, 15) is 4.79 Å². The molecule has 2 heterocycles. The highest BCUT2D eigenvalue weighted by Crippen LogP contribution is 2.25. The van der Waals surface area contributed by atoms with Crippen LogP contribution in [0.25, 0.3) is 6.08 Å². The molecule has 0 bridgehead atoms. The number of carbonyl (C=O) groups excluding carboxylic acids is 1. The summed E-state index contributed by atoms with van der Waals surface area (Å²) in [5.74, 6) is -0.135. The number of carbonyl (C=O) groups is 1. The number of thiocarbonyl (C=S) groups is 1. The van der Waals surface area contributed by atoms with E-state index in [1.165, 1.54) is 11.8 Å². The summed E-state index contributed by atoms with van der Waals surface area (Å²) < 4.78 is 2.19. The summed E-state index contributed by atoms with van der Waals surface area (Å²) in [4.78, 5) is 11.9. The zero-order chi connectivity index (χ0) is 10.1. The highest BCUT2D eigenvalue weighted by atomic mass is 32.2. The van der Waals surface area contributed by atoms with Gasteiger partial charge in [-0.3, -0.25) is 9.48 Å². The van der Waals surface area contributed by atoms with Gasteiger partial charge in [0, 0.05) is 18.8 Å². The third-order valence-corrected chi connectivity index (χ3v) is 2.83. The fourth-order valence-corrected chi connectivity index (χ4v) is 2.13. The Morgan fingerprint density at radius 1 is 1.71 bits per heavy atom. The van der Waals surface area contributed by atoms with Gasteiger partial charge in [0.2, 0.25) is 0 Å². The molecule has 0 radical (unpaired) electrons. The molecule has 1 amide bonds. The Kier molecular flexibility index (Phi) is 2.39. The molecule has 72 valence electrons. The highest BCUT2D eigenvalue weighted by Gasteiger charge is 2.21. The Bertz CT molecular complexity index is 436. The summed E-state index contributed by atoms with van der Waals surface area (Å²) in [7, 11) is 1.83. The standard InChI is InChI=1S/C8H7N3OS2/c1-11-4-5(3-9-11)2-6-7(12)10-8(13)14-6/h2-4H,1H3,(H,10,12,13)/b6-2-. The van der Waals surface area contributed by atoms with Crippen molar-refractivity contribution in [3.63, 3.8) is 0 Å². The van der Waals surface area contributed by atoms with E-state index < -0.39 is 0 Å². The molecule has 1 N–H and O–H groups in total. The molecule has 0 aliphatic carbocycles. The maximum Gasteiger partial charge on any atom is 0.263 e. The summed E-state index contributed by atoms with van der Waals surface area (Å²) >= 11 is 6.14. The molecule has 4 nitrogen and oxygen atoms in total. The molecule has 1 fully saturated rings. The van der Waals surface area contributed by atoms with Gasteiger partial charge in [0.25, 0.3) is 5.91 Å². The van der Waals surface area contributed by atoms with Crippen LogP contribution >= 0.6 is 24.0 Å². The summed E-state index contributed by atoms with van der Waals surface area (Å²) in [5.41, 5.74) is 0.898. The Balaban J connectivity index is 2.27. The fourth-order valence-electron chi connectivity index (χ4n) is 1.09. The number of amides is 1. The van der Waals surface area contributed by atoms with Crippen LogP contribution in [0.1, 0.15) is 5.56 Å². The second kappa shape index (κ2) is 3.55. The van der Waals surface area contributed by atoms with Crippen LogP contribution in [0.5, 0.6) is 0 Å². The first-order chi connectivity index (χ1) is 6.65. The number of hydrogen-bond donors (Lipinski definition) is 1. The SMILES string of the molecule is Cn1cc(/C=C2\SC(=S)NC2=O)cn1. The Labute approximate surface area is 90.4 Å². The largest absolute Gasteiger partial charge is 0.307 e. The summed E-state index contributed by atoms with van der Waals surface area (Å²) in [6.07, 6.45) is 5.30. The van der Waals surface area contributed by atoms with Crippen molar-refractivity contribution in [3.8, 4) is 0 Å². The van der Waals surface area contributed by atoms with E-state index in [0.717, 1.165) is 5.56 Å². The lowest BCUT2D eigenvalue weighted by molar-refractivity contribution is -0.115. The second-order valence-electron chi connectivity index (χ2n) is 2.80. The van der Waals surface area contributed by atoms with Gasteiger partial charge < -0.3 is 5.32 Å². The summed E-state index contributed by atoms with van der Waals surface area (Å²) in [5, 5.41) is 6.55. The molecule has 1 aliphatic rings. The van der Waals surface area contributed by atoms with Gasteiger partial charge in [-0.1, -0.05) is 24.0 Å². The van der Waals surface area contributed by atoms with Gasteiger partial charge in [0.1, 0.15) is 4.32 Å². The van der Waals surface area contributed by atoms with Crippen molar-refractivity contribution >= 4 is 40.3 Å². The van der Waals surface area contributed by atoms with Crippen LogP contribution in [-0.2, 0) is 11.8 Å². The third-order valence-electron chi connectivity index (χ3n) is 1.66. The van der Waals surface area contributed by atoms with Crippen molar-refractivity contribution in [3.05, 3.63) is 22.9 Å². The fraction of sp³-hybridized carbons (Fsp3) is 0.125. The monoisotopic (exact) mass is 225 g/mol. The minimum absolute atomic E-state index is 0.135. The van der Waals surface area contributed by atoms with E-state index >= 15 is 0 Å². The van der Waals surface area contributed by atoms with Crippen molar-refractivity contribution < 1.29 is 4.79 Å². The molecule has 1 saturated heterocycles. The number of hydrogen-bond acceptors (Lipinski definition) is 4. The lowest BCUT2D eigenvalue weighted by Gasteiger charge is -1.88. The number of thioether (sulfide) groups is 1. The van der Waals surface area contributed by atoms with Crippen LogP contribution in [0.3, 0.4) is 0 Å². The average molecular weight is 225 g/mol. The van der Waals surface area contributed by atoms with Crippen LogP contribution < -0.4 is 5.32 Å². The predicted molar refractivity (Wildman–Crippen MR) is 59.5 cm³/mol. The molecule has 0 aromatic carbocycles. The van der Waals surface area contributed by atoms with Gasteiger partial charge in [0.05, 0.1) is 11.1 Å². The second-order valence-corrected chi connectivity index (χ2v) is 4.52. The molecule has 0 unspecified atom stereocenters. The molecule has 1 aliphatic heterocycles.